The van der Waals surface area contributed by atoms with E-state index in [0.29, 0.717) is 16.2 Å². The largest absolute Gasteiger partial charge is 0.497 e. The molecule has 0 aliphatic carbocycles. The highest BCUT2D eigenvalue weighted by Gasteiger charge is 2.11. The van der Waals surface area contributed by atoms with Gasteiger partial charge >= 0.3 is 0 Å². The molecule has 0 saturated carbocycles. The number of halogens is 1. The van der Waals surface area contributed by atoms with Crippen LogP contribution in [0.2, 0.25) is 0 Å². The van der Waals surface area contributed by atoms with E-state index in [1.165, 1.54) is 6.07 Å². The van der Waals surface area contributed by atoms with Crippen molar-refractivity contribution in [2.75, 3.05) is 7.11 Å². The lowest BCUT2D eigenvalue weighted by molar-refractivity contribution is 0.415. The van der Waals surface area contributed by atoms with Gasteiger partial charge in [0.15, 0.2) is 4.77 Å². The van der Waals surface area contributed by atoms with Crippen LogP contribution < -0.4 is 4.74 Å². The molecule has 0 bridgehead atoms. The maximum Gasteiger partial charge on any atom is 0.182 e. The van der Waals surface area contributed by atoms with Gasteiger partial charge < -0.3 is 9.72 Å². The highest BCUT2D eigenvalue weighted by molar-refractivity contribution is 7.71. The van der Waals surface area contributed by atoms with Crippen molar-refractivity contribution in [3.05, 3.63) is 52.5 Å². The van der Waals surface area contributed by atoms with E-state index in [1.54, 1.807) is 17.7 Å². The number of ether oxygens (including phenoxy) is 1. The summed E-state index contributed by atoms with van der Waals surface area (Å²) < 4.78 is 21.5. The Hall–Kier alpha value is -2.14. The monoisotopic (exact) mass is 288 g/mol. The molecule has 0 spiro atoms. The van der Waals surface area contributed by atoms with Gasteiger partial charge in [-0.3, -0.25) is 4.57 Å². The molecule has 1 aromatic heterocycles. The quantitative estimate of drug-likeness (QED) is 0.718. The van der Waals surface area contributed by atoms with E-state index in [2.05, 4.69) is 4.98 Å². The minimum absolute atomic E-state index is 0.301. The predicted molar refractivity (Wildman–Crippen MR) is 79.7 cm³/mol. The minimum Gasteiger partial charge on any atom is -0.497 e. The first-order valence-corrected chi connectivity index (χ1v) is 6.56. The van der Waals surface area contributed by atoms with Crippen molar-refractivity contribution in [3.8, 4) is 11.4 Å². The Morgan fingerprint density at radius 1 is 1.20 bits per heavy atom. The van der Waals surface area contributed by atoms with Crippen LogP contribution in [-0.4, -0.2) is 16.7 Å². The minimum atomic E-state index is -0.301. The fraction of sp³-hybridized carbons (Fsp3) is 0.133. The summed E-state index contributed by atoms with van der Waals surface area (Å²) in [5, 5.41) is 0. The molecule has 0 unspecified atom stereocenters. The van der Waals surface area contributed by atoms with Gasteiger partial charge in [0.2, 0.25) is 0 Å². The summed E-state index contributed by atoms with van der Waals surface area (Å²) in [6, 6.07) is 10.6. The van der Waals surface area contributed by atoms with Crippen LogP contribution in [0.4, 0.5) is 4.39 Å². The summed E-state index contributed by atoms with van der Waals surface area (Å²) in [6.45, 7) is 1.85. The van der Waals surface area contributed by atoms with E-state index in [-0.39, 0.29) is 5.82 Å². The summed E-state index contributed by atoms with van der Waals surface area (Å²) in [5.41, 5.74) is 2.93. The number of rotatable bonds is 2. The summed E-state index contributed by atoms with van der Waals surface area (Å²) in [7, 11) is 1.60. The maximum atomic E-state index is 14.2. The topological polar surface area (TPSA) is 29.9 Å². The van der Waals surface area contributed by atoms with Gasteiger partial charge in [-0.25, -0.2) is 4.39 Å². The molecule has 0 amide bonds. The number of aryl methyl sites for hydroxylation is 1. The molecular weight excluding hydrogens is 275 g/mol. The van der Waals surface area contributed by atoms with Crippen LogP contribution in [0.25, 0.3) is 16.7 Å². The van der Waals surface area contributed by atoms with Crippen LogP contribution in [0, 0.1) is 17.5 Å². The number of aromatic nitrogens is 2. The summed E-state index contributed by atoms with van der Waals surface area (Å²) in [5.74, 6) is 0.401. The first-order chi connectivity index (χ1) is 9.60. The van der Waals surface area contributed by atoms with Crippen molar-refractivity contribution >= 4 is 23.3 Å². The number of fused-ring (bicyclic) bond motifs is 1. The molecule has 3 aromatic rings. The van der Waals surface area contributed by atoms with Gasteiger partial charge in [-0.2, -0.15) is 0 Å². The molecule has 3 rings (SSSR count). The van der Waals surface area contributed by atoms with Crippen molar-refractivity contribution in [3.63, 3.8) is 0 Å². The SMILES string of the molecule is COc1ccc2[nH]c(=S)n(-c3ccc(C)cc3F)c2c1. The standard InChI is InChI=1S/C15H13FN2OS/c1-9-3-6-13(11(16)7-9)18-14-8-10(19-2)4-5-12(14)17-15(18)20/h3-8H,1-2H3,(H,17,20). The van der Waals surface area contributed by atoms with Gasteiger partial charge in [0.1, 0.15) is 11.6 Å². The molecule has 1 heterocycles. The smallest absolute Gasteiger partial charge is 0.182 e. The van der Waals surface area contributed by atoms with E-state index < -0.39 is 0 Å². The fourth-order valence-corrected chi connectivity index (χ4v) is 2.55. The maximum absolute atomic E-state index is 14.2. The van der Waals surface area contributed by atoms with E-state index in [0.717, 1.165) is 16.6 Å². The molecule has 0 aliphatic rings. The van der Waals surface area contributed by atoms with Crippen molar-refractivity contribution in [2.24, 2.45) is 0 Å². The Morgan fingerprint density at radius 2 is 2.00 bits per heavy atom. The average Bonchev–Trinajstić information content (AvgIpc) is 2.74. The molecule has 0 aliphatic heterocycles. The summed E-state index contributed by atoms with van der Waals surface area (Å²) >= 11 is 5.31. The molecular formula is C15H13FN2OS. The zero-order chi connectivity index (χ0) is 14.3. The lowest BCUT2D eigenvalue weighted by Crippen LogP contribution is -1.98. The Balaban J connectivity index is 2.34. The molecule has 0 saturated heterocycles. The van der Waals surface area contributed by atoms with Gasteiger partial charge in [-0.1, -0.05) is 6.07 Å². The molecule has 1 N–H and O–H groups in total. The number of nitrogens with zero attached hydrogens (tertiary/aromatic N) is 1. The van der Waals surface area contributed by atoms with Crippen LogP contribution in [0.15, 0.2) is 36.4 Å². The second kappa shape index (κ2) is 4.76. The van der Waals surface area contributed by atoms with E-state index in [1.807, 2.05) is 31.2 Å². The van der Waals surface area contributed by atoms with Gasteiger partial charge in [0.05, 0.1) is 23.8 Å². The van der Waals surface area contributed by atoms with E-state index in [9.17, 15) is 4.39 Å². The van der Waals surface area contributed by atoms with Crippen molar-refractivity contribution < 1.29 is 9.13 Å². The van der Waals surface area contributed by atoms with E-state index in [4.69, 9.17) is 17.0 Å². The number of methoxy groups -OCH3 is 1. The van der Waals surface area contributed by atoms with Gasteiger partial charge in [0, 0.05) is 6.07 Å². The molecule has 0 atom stereocenters. The number of H-pyrrole nitrogens is 1. The van der Waals surface area contributed by atoms with Gasteiger partial charge in [-0.05, 0) is 49.0 Å². The zero-order valence-electron chi connectivity index (χ0n) is 11.1. The molecule has 0 radical (unpaired) electrons. The second-order valence-electron chi connectivity index (χ2n) is 4.60. The number of nitrogens with one attached hydrogen (secondary N) is 1. The highest BCUT2D eigenvalue weighted by Crippen LogP contribution is 2.25. The number of aromatic amines is 1. The molecule has 102 valence electrons. The predicted octanol–water partition coefficient (Wildman–Crippen LogP) is 4.14. The Morgan fingerprint density at radius 3 is 2.70 bits per heavy atom. The summed E-state index contributed by atoms with van der Waals surface area (Å²) in [6.07, 6.45) is 0. The lowest BCUT2D eigenvalue weighted by atomic mass is 10.2. The first kappa shape index (κ1) is 12.9. The van der Waals surface area contributed by atoms with Crippen LogP contribution in [0.1, 0.15) is 5.56 Å². The summed E-state index contributed by atoms with van der Waals surface area (Å²) in [4.78, 5) is 3.07. The third-order valence-corrected chi connectivity index (χ3v) is 3.52. The Bertz CT molecular complexity index is 851. The van der Waals surface area contributed by atoms with Crippen molar-refractivity contribution in [2.45, 2.75) is 6.92 Å². The second-order valence-corrected chi connectivity index (χ2v) is 4.99. The lowest BCUT2D eigenvalue weighted by Gasteiger charge is -2.07. The van der Waals surface area contributed by atoms with Crippen molar-refractivity contribution in [1.29, 1.82) is 0 Å². The molecule has 3 nitrogen and oxygen atoms in total. The number of hydrogen-bond donors (Lipinski definition) is 1. The third kappa shape index (κ3) is 2.00. The van der Waals surface area contributed by atoms with Gasteiger partial charge in [0.25, 0.3) is 0 Å². The number of benzene rings is 2. The van der Waals surface area contributed by atoms with Crippen LogP contribution in [0.5, 0.6) is 5.75 Å². The molecule has 2 aromatic carbocycles. The number of imidazole rings is 1. The highest BCUT2D eigenvalue weighted by atomic mass is 32.1. The van der Waals surface area contributed by atoms with E-state index >= 15 is 0 Å². The Labute approximate surface area is 120 Å². The third-order valence-electron chi connectivity index (χ3n) is 3.23. The zero-order valence-corrected chi connectivity index (χ0v) is 11.9. The van der Waals surface area contributed by atoms with Crippen molar-refractivity contribution in [1.82, 2.24) is 9.55 Å². The van der Waals surface area contributed by atoms with Crippen LogP contribution in [-0.2, 0) is 0 Å². The molecule has 0 fully saturated rings. The van der Waals surface area contributed by atoms with Gasteiger partial charge in [-0.15, -0.1) is 0 Å². The van der Waals surface area contributed by atoms with Crippen LogP contribution >= 0.6 is 12.2 Å². The van der Waals surface area contributed by atoms with Crippen LogP contribution in [0.3, 0.4) is 0 Å². The fourth-order valence-electron chi connectivity index (χ4n) is 2.24. The molecule has 5 heteroatoms. The first-order valence-electron chi connectivity index (χ1n) is 6.15. The average molecular weight is 288 g/mol. The molecule has 20 heavy (non-hydrogen) atoms. The normalized spacial score (nSPS) is 10.9. The number of hydrogen-bond acceptors (Lipinski definition) is 2. The Kier molecular flexibility index (Phi) is 3.06.